The summed E-state index contributed by atoms with van der Waals surface area (Å²) in [6.45, 7) is 2.60. The van der Waals surface area contributed by atoms with Crippen LogP contribution in [0, 0.1) is 5.92 Å². The summed E-state index contributed by atoms with van der Waals surface area (Å²) < 4.78 is 6.95. The Bertz CT molecular complexity index is 556. The van der Waals surface area contributed by atoms with Gasteiger partial charge in [0.1, 0.15) is 5.54 Å². The molecular weight excluding hydrogens is 296 g/mol. The minimum Gasteiger partial charge on any atom is -0.383 e. The van der Waals surface area contributed by atoms with Gasteiger partial charge in [0, 0.05) is 26.1 Å². The molecule has 8 nitrogen and oxygen atoms in total. The lowest BCUT2D eigenvalue weighted by Gasteiger charge is -2.36. The van der Waals surface area contributed by atoms with Gasteiger partial charge in [-0.3, -0.25) is 9.69 Å². The topological polar surface area (TPSA) is 76.4 Å². The lowest BCUT2D eigenvalue weighted by molar-refractivity contribution is -0.137. The first-order chi connectivity index (χ1) is 11.1. The number of carbonyl (C=O) groups is 1. The monoisotopic (exact) mass is 322 g/mol. The molecule has 1 saturated heterocycles. The minimum absolute atomic E-state index is 0.234. The fraction of sp³-hybridized carbons (Fsp3) is 0.867. The van der Waals surface area contributed by atoms with Gasteiger partial charge >= 0.3 is 0 Å². The molecule has 0 bridgehead atoms. The van der Waals surface area contributed by atoms with Crippen LogP contribution >= 0.6 is 0 Å². The van der Waals surface area contributed by atoms with Crippen LogP contribution in [0.15, 0.2) is 0 Å². The lowest BCUT2D eigenvalue weighted by Crippen LogP contribution is -2.48. The third kappa shape index (κ3) is 2.85. The molecule has 0 aromatic carbocycles. The van der Waals surface area contributed by atoms with Crippen LogP contribution in [0.5, 0.6) is 0 Å². The molecule has 1 aliphatic carbocycles. The second-order valence-electron chi connectivity index (χ2n) is 6.78. The van der Waals surface area contributed by atoms with Crippen molar-refractivity contribution in [2.75, 3.05) is 40.9 Å². The maximum atomic E-state index is 12.6. The Labute approximate surface area is 136 Å². The highest BCUT2D eigenvalue weighted by atomic mass is 16.5. The van der Waals surface area contributed by atoms with Crippen LogP contribution in [0.2, 0.25) is 0 Å². The molecule has 1 amide bonds. The van der Waals surface area contributed by atoms with Crippen LogP contribution in [0.3, 0.4) is 0 Å². The van der Waals surface area contributed by atoms with Gasteiger partial charge in [0.15, 0.2) is 5.82 Å². The Morgan fingerprint density at radius 3 is 2.83 bits per heavy atom. The molecule has 0 spiro atoms. The predicted molar refractivity (Wildman–Crippen MR) is 83.6 cm³/mol. The highest BCUT2D eigenvalue weighted by Crippen LogP contribution is 2.37. The fourth-order valence-electron chi connectivity index (χ4n) is 3.51. The Hall–Kier alpha value is -1.54. The van der Waals surface area contributed by atoms with E-state index in [0.717, 1.165) is 31.6 Å². The molecule has 1 aliphatic heterocycles. The molecular formula is C15H26N6O2. The Morgan fingerprint density at radius 2 is 2.22 bits per heavy atom. The van der Waals surface area contributed by atoms with E-state index in [1.807, 2.05) is 19.0 Å². The van der Waals surface area contributed by atoms with Crippen molar-refractivity contribution in [1.29, 1.82) is 0 Å². The van der Waals surface area contributed by atoms with E-state index in [1.165, 1.54) is 6.42 Å². The van der Waals surface area contributed by atoms with Crippen molar-refractivity contribution in [3.63, 3.8) is 0 Å². The van der Waals surface area contributed by atoms with Gasteiger partial charge in [-0.05, 0) is 43.8 Å². The summed E-state index contributed by atoms with van der Waals surface area (Å²) in [5.74, 6) is 1.36. The second-order valence-corrected chi connectivity index (χ2v) is 6.78. The van der Waals surface area contributed by atoms with Crippen molar-refractivity contribution in [2.24, 2.45) is 5.92 Å². The maximum Gasteiger partial charge on any atom is 0.225 e. The SMILES string of the molecule is COCCn1nnnc1C1(N(C)C)CCN(C(=O)C2CCC2)C1. The summed E-state index contributed by atoms with van der Waals surface area (Å²) in [6.07, 6.45) is 4.11. The average molecular weight is 322 g/mol. The zero-order valence-corrected chi connectivity index (χ0v) is 14.2. The molecule has 23 heavy (non-hydrogen) atoms. The Balaban J connectivity index is 1.81. The average Bonchev–Trinajstić information content (AvgIpc) is 3.10. The van der Waals surface area contributed by atoms with Crippen LogP contribution in [0.25, 0.3) is 0 Å². The molecule has 2 aliphatic rings. The van der Waals surface area contributed by atoms with Crippen LogP contribution in [-0.2, 0) is 21.6 Å². The van der Waals surface area contributed by atoms with Gasteiger partial charge in [-0.25, -0.2) is 4.68 Å². The molecule has 3 rings (SSSR count). The van der Waals surface area contributed by atoms with E-state index in [-0.39, 0.29) is 11.5 Å². The molecule has 2 heterocycles. The number of ether oxygens (including phenoxy) is 1. The van der Waals surface area contributed by atoms with Gasteiger partial charge in [-0.15, -0.1) is 5.10 Å². The van der Waals surface area contributed by atoms with E-state index in [0.29, 0.717) is 25.6 Å². The number of likely N-dealkylation sites (tertiary alicyclic amines) is 1. The smallest absolute Gasteiger partial charge is 0.225 e. The fourth-order valence-corrected chi connectivity index (χ4v) is 3.51. The molecule has 2 fully saturated rings. The van der Waals surface area contributed by atoms with Crippen molar-refractivity contribution in [3.8, 4) is 0 Å². The molecule has 1 saturated carbocycles. The summed E-state index contributed by atoms with van der Waals surface area (Å²) in [6, 6.07) is 0. The van der Waals surface area contributed by atoms with Crippen molar-refractivity contribution in [2.45, 2.75) is 37.8 Å². The number of likely N-dealkylation sites (N-methyl/N-ethyl adjacent to an activating group) is 1. The van der Waals surface area contributed by atoms with E-state index >= 15 is 0 Å². The van der Waals surface area contributed by atoms with Crippen molar-refractivity contribution >= 4 is 5.91 Å². The van der Waals surface area contributed by atoms with Gasteiger partial charge in [0.05, 0.1) is 13.2 Å². The molecule has 1 aromatic rings. The summed E-state index contributed by atoms with van der Waals surface area (Å²) >= 11 is 0. The standard InChI is InChI=1S/C15H26N6O2/c1-19(2)15(14-16-17-18-21(14)9-10-23-3)7-8-20(11-15)13(22)12-5-4-6-12/h12H,4-11H2,1-3H3. The number of aromatic nitrogens is 4. The van der Waals surface area contributed by atoms with E-state index in [9.17, 15) is 4.79 Å². The zero-order valence-electron chi connectivity index (χ0n) is 14.2. The molecule has 0 radical (unpaired) electrons. The number of carbonyl (C=O) groups excluding carboxylic acids is 1. The zero-order chi connectivity index (χ0) is 16.4. The predicted octanol–water partition coefficient (Wildman–Crippen LogP) is 0.109. The second kappa shape index (κ2) is 6.52. The number of amides is 1. The molecule has 1 aromatic heterocycles. The molecule has 8 heteroatoms. The first kappa shape index (κ1) is 16.3. The molecule has 1 unspecified atom stereocenters. The third-order valence-electron chi connectivity index (χ3n) is 5.33. The number of hydrogen-bond donors (Lipinski definition) is 0. The Kier molecular flexibility index (Phi) is 4.63. The Morgan fingerprint density at radius 1 is 1.43 bits per heavy atom. The van der Waals surface area contributed by atoms with Crippen LogP contribution in [-0.4, -0.2) is 76.8 Å². The van der Waals surface area contributed by atoms with Crippen LogP contribution < -0.4 is 0 Å². The molecule has 0 N–H and O–H groups in total. The first-order valence-corrected chi connectivity index (χ1v) is 8.30. The number of tetrazole rings is 1. The van der Waals surface area contributed by atoms with Gasteiger partial charge in [0.2, 0.25) is 5.91 Å². The van der Waals surface area contributed by atoms with Gasteiger partial charge in [-0.2, -0.15) is 0 Å². The summed E-state index contributed by atoms with van der Waals surface area (Å²) in [4.78, 5) is 16.7. The molecule has 128 valence electrons. The third-order valence-corrected chi connectivity index (χ3v) is 5.33. The van der Waals surface area contributed by atoms with E-state index < -0.39 is 0 Å². The number of nitrogens with zero attached hydrogens (tertiary/aromatic N) is 6. The number of hydrogen-bond acceptors (Lipinski definition) is 6. The van der Waals surface area contributed by atoms with E-state index in [4.69, 9.17) is 4.74 Å². The van der Waals surface area contributed by atoms with Crippen molar-refractivity contribution in [1.82, 2.24) is 30.0 Å². The van der Waals surface area contributed by atoms with Crippen molar-refractivity contribution in [3.05, 3.63) is 5.82 Å². The minimum atomic E-state index is -0.323. The van der Waals surface area contributed by atoms with E-state index in [1.54, 1.807) is 11.8 Å². The molecule has 1 atom stereocenters. The van der Waals surface area contributed by atoms with Gasteiger partial charge in [-0.1, -0.05) is 6.42 Å². The number of methoxy groups -OCH3 is 1. The largest absolute Gasteiger partial charge is 0.383 e. The number of rotatable bonds is 6. The normalized spacial score (nSPS) is 25.1. The highest BCUT2D eigenvalue weighted by molar-refractivity contribution is 5.80. The van der Waals surface area contributed by atoms with Crippen LogP contribution in [0.4, 0.5) is 0 Å². The highest BCUT2D eigenvalue weighted by Gasteiger charge is 2.48. The van der Waals surface area contributed by atoms with Gasteiger partial charge < -0.3 is 9.64 Å². The summed E-state index contributed by atoms with van der Waals surface area (Å²) in [5, 5.41) is 12.2. The quantitative estimate of drug-likeness (QED) is 0.740. The van der Waals surface area contributed by atoms with Crippen LogP contribution in [0.1, 0.15) is 31.5 Å². The summed E-state index contributed by atoms with van der Waals surface area (Å²) in [5.41, 5.74) is -0.323. The summed E-state index contributed by atoms with van der Waals surface area (Å²) in [7, 11) is 5.74. The van der Waals surface area contributed by atoms with Gasteiger partial charge in [0.25, 0.3) is 0 Å². The van der Waals surface area contributed by atoms with Crippen molar-refractivity contribution < 1.29 is 9.53 Å². The first-order valence-electron chi connectivity index (χ1n) is 8.30. The van der Waals surface area contributed by atoms with E-state index in [2.05, 4.69) is 20.4 Å². The maximum absolute atomic E-state index is 12.6. The lowest BCUT2D eigenvalue weighted by atomic mass is 9.84.